The topological polar surface area (TPSA) is 85.4 Å². The fourth-order valence-electron chi connectivity index (χ4n) is 4.61. The summed E-state index contributed by atoms with van der Waals surface area (Å²) in [7, 11) is 0. The highest BCUT2D eigenvalue weighted by Gasteiger charge is 2.23. The van der Waals surface area contributed by atoms with Crippen molar-refractivity contribution in [1.29, 1.82) is 0 Å². The number of nitrogens with one attached hydrogen (secondary N) is 1. The third-order valence-corrected chi connectivity index (χ3v) is 6.16. The van der Waals surface area contributed by atoms with Crippen LogP contribution in [0.5, 0.6) is 0 Å². The molecular formula is C26H22N2O4. The summed E-state index contributed by atoms with van der Waals surface area (Å²) in [6, 6.07) is 22.8. The second-order valence-corrected chi connectivity index (χ2v) is 8.07. The van der Waals surface area contributed by atoms with Gasteiger partial charge < -0.3 is 9.73 Å². The summed E-state index contributed by atoms with van der Waals surface area (Å²) in [5, 5.41) is 15.8. The Bertz CT molecular complexity index is 1330. The van der Waals surface area contributed by atoms with Crippen LogP contribution in [-0.4, -0.2) is 11.5 Å². The average Bonchev–Trinajstić information content (AvgIpc) is 2.96. The van der Waals surface area contributed by atoms with Crippen LogP contribution in [0.4, 0.5) is 5.69 Å². The smallest absolute Gasteiger partial charge is 0.336 e. The molecule has 0 saturated heterocycles. The number of nitro benzene ring substituents is 1. The standard InChI is InChI=1S/C26H22N2O4/c29-25-12-11-20-15-23(28(30)31)19(16-24(20)32-25)13-14-27-26-21-7-3-1-5-17(21)9-10-18-6-2-4-8-22(18)26/h1-8,11-12,15-16,26-27H,9-10,13-14H2. The van der Waals surface area contributed by atoms with E-state index in [0.717, 1.165) is 12.8 Å². The Balaban J connectivity index is 1.46. The molecule has 0 bridgehead atoms. The van der Waals surface area contributed by atoms with Gasteiger partial charge in [-0.25, -0.2) is 4.79 Å². The predicted octanol–water partition coefficient (Wildman–Crippen LogP) is 4.72. The van der Waals surface area contributed by atoms with E-state index in [2.05, 4.69) is 53.8 Å². The molecule has 0 spiro atoms. The number of hydrogen-bond acceptors (Lipinski definition) is 5. The highest BCUT2D eigenvalue weighted by molar-refractivity contribution is 5.80. The van der Waals surface area contributed by atoms with E-state index in [1.54, 1.807) is 12.1 Å². The summed E-state index contributed by atoms with van der Waals surface area (Å²) in [5.74, 6) is 0. The second kappa shape index (κ2) is 8.40. The second-order valence-electron chi connectivity index (χ2n) is 8.07. The maximum atomic E-state index is 11.7. The molecule has 4 aromatic rings. The summed E-state index contributed by atoms with van der Waals surface area (Å²) in [5.41, 5.74) is 5.60. The highest BCUT2D eigenvalue weighted by atomic mass is 16.6. The predicted molar refractivity (Wildman–Crippen MR) is 123 cm³/mol. The Morgan fingerprint density at radius 2 is 1.59 bits per heavy atom. The third kappa shape index (κ3) is 3.81. The van der Waals surface area contributed by atoms with E-state index < -0.39 is 5.63 Å². The van der Waals surface area contributed by atoms with E-state index >= 15 is 0 Å². The van der Waals surface area contributed by atoms with Crippen LogP contribution in [0.15, 0.2) is 82.0 Å². The van der Waals surface area contributed by atoms with Gasteiger partial charge in [0.2, 0.25) is 0 Å². The van der Waals surface area contributed by atoms with Gasteiger partial charge in [0.1, 0.15) is 5.58 Å². The zero-order chi connectivity index (χ0) is 22.1. The summed E-state index contributed by atoms with van der Waals surface area (Å²) in [4.78, 5) is 22.9. The van der Waals surface area contributed by atoms with Crippen molar-refractivity contribution in [2.75, 3.05) is 6.54 Å². The van der Waals surface area contributed by atoms with Crippen molar-refractivity contribution in [3.8, 4) is 0 Å². The molecule has 6 nitrogen and oxygen atoms in total. The molecule has 0 atom stereocenters. The Kier molecular flexibility index (Phi) is 5.29. The Labute approximate surface area is 184 Å². The van der Waals surface area contributed by atoms with Gasteiger partial charge in [-0.15, -0.1) is 0 Å². The van der Waals surface area contributed by atoms with E-state index in [9.17, 15) is 14.9 Å². The number of fused-ring (bicyclic) bond motifs is 3. The number of rotatable bonds is 5. The fraction of sp³-hybridized carbons (Fsp3) is 0.192. The molecule has 32 heavy (non-hydrogen) atoms. The molecule has 160 valence electrons. The highest BCUT2D eigenvalue weighted by Crippen LogP contribution is 2.33. The lowest BCUT2D eigenvalue weighted by atomic mass is 9.94. The molecule has 1 N–H and O–H groups in total. The summed E-state index contributed by atoms with van der Waals surface area (Å²) >= 11 is 0. The Hall–Kier alpha value is -3.77. The van der Waals surface area contributed by atoms with Crippen molar-refractivity contribution in [3.05, 3.63) is 121 Å². The summed E-state index contributed by atoms with van der Waals surface area (Å²) in [6.45, 7) is 0.538. The molecule has 0 radical (unpaired) electrons. The van der Waals surface area contributed by atoms with Crippen LogP contribution >= 0.6 is 0 Å². The lowest BCUT2D eigenvalue weighted by molar-refractivity contribution is -0.385. The first-order valence-corrected chi connectivity index (χ1v) is 10.7. The maximum Gasteiger partial charge on any atom is 0.336 e. The van der Waals surface area contributed by atoms with E-state index in [4.69, 9.17) is 4.42 Å². The van der Waals surface area contributed by atoms with Crippen LogP contribution < -0.4 is 10.9 Å². The molecule has 0 fully saturated rings. The minimum absolute atomic E-state index is 0.0161. The number of nitrogens with zero attached hydrogens (tertiary/aromatic N) is 1. The van der Waals surface area contributed by atoms with Gasteiger partial charge in [-0.3, -0.25) is 10.1 Å². The van der Waals surface area contributed by atoms with E-state index in [0.29, 0.717) is 29.5 Å². The Morgan fingerprint density at radius 3 is 2.25 bits per heavy atom. The zero-order valence-electron chi connectivity index (χ0n) is 17.4. The van der Waals surface area contributed by atoms with Gasteiger partial charge >= 0.3 is 5.63 Å². The molecule has 3 aromatic carbocycles. The third-order valence-electron chi connectivity index (χ3n) is 6.16. The lowest BCUT2D eigenvalue weighted by Gasteiger charge is -2.22. The first-order valence-electron chi connectivity index (χ1n) is 10.7. The summed E-state index contributed by atoms with van der Waals surface area (Å²) in [6.07, 6.45) is 2.41. The summed E-state index contributed by atoms with van der Waals surface area (Å²) < 4.78 is 5.24. The number of hydrogen-bond donors (Lipinski definition) is 1. The maximum absolute atomic E-state index is 11.7. The number of nitro groups is 1. The number of aryl methyl sites for hydroxylation is 2. The largest absolute Gasteiger partial charge is 0.423 e. The molecule has 0 unspecified atom stereocenters. The van der Waals surface area contributed by atoms with Gasteiger partial charge in [-0.05, 0) is 53.6 Å². The first-order chi connectivity index (χ1) is 15.6. The minimum atomic E-state index is -0.470. The normalized spacial score (nSPS) is 13.4. The average molecular weight is 426 g/mol. The van der Waals surface area contributed by atoms with Crippen LogP contribution in [0.3, 0.4) is 0 Å². The van der Waals surface area contributed by atoms with Crippen molar-refractivity contribution >= 4 is 16.7 Å². The van der Waals surface area contributed by atoms with Gasteiger partial charge in [0.15, 0.2) is 0 Å². The van der Waals surface area contributed by atoms with Crippen LogP contribution in [0.1, 0.15) is 33.9 Å². The van der Waals surface area contributed by atoms with Gasteiger partial charge in [-0.1, -0.05) is 48.5 Å². The van der Waals surface area contributed by atoms with Crippen LogP contribution in [0.25, 0.3) is 11.0 Å². The number of benzene rings is 3. The fourth-order valence-corrected chi connectivity index (χ4v) is 4.61. The van der Waals surface area contributed by atoms with Gasteiger partial charge in [0.05, 0.1) is 11.0 Å². The van der Waals surface area contributed by atoms with Crippen LogP contribution in [0.2, 0.25) is 0 Å². The van der Waals surface area contributed by atoms with Crippen molar-refractivity contribution in [2.24, 2.45) is 0 Å². The molecular weight excluding hydrogens is 404 g/mol. The van der Waals surface area contributed by atoms with Gasteiger partial charge in [0, 0.05) is 29.6 Å². The van der Waals surface area contributed by atoms with Crippen molar-refractivity contribution in [2.45, 2.75) is 25.3 Å². The van der Waals surface area contributed by atoms with E-state index in [-0.39, 0.29) is 16.7 Å². The molecule has 0 aliphatic heterocycles. The van der Waals surface area contributed by atoms with E-state index in [1.165, 1.54) is 34.4 Å². The van der Waals surface area contributed by atoms with Crippen LogP contribution in [-0.2, 0) is 19.3 Å². The quantitative estimate of drug-likeness (QED) is 0.283. The van der Waals surface area contributed by atoms with Crippen LogP contribution in [0, 0.1) is 10.1 Å². The first kappa shape index (κ1) is 20.2. The van der Waals surface area contributed by atoms with E-state index in [1.807, 2.05) is 0 Å². The van der Waals surface area contributed by atoms with Gasteiger partial charge in [0.25, 0.3) is 5.69 Å². The van der Waals surface area contributed by atoms with Crippen molar-refractivity contribution in [3.63, 3.8) is 0 Å². The molecule has 1 heterocycles. The molecule has 0 amide bonds. The van der Waals surface area contributed by atoms with Gasteiger partial charge in [-0.2, -0.15) is 0 Å². The monoisotopic (exact) mass is 426 g/mol. The SMILES string of the molecule is O=c1ccc2cc([N+](=O)[O-])c(CCNC3c4ccccc4CCc4ccccc43)cc2o1. The molecule has 6 heteroatoms. The lowest BCUT2D eigenvalue weighted by Crippen LogP contribution is -2.25. The molecule has 1 aromatic heterocycles. The molecule has 1 aliphatic carbocycles. The van der Waals surface area contributed by atoms with Crippen molar-refractivity contribution < 1.29 is 9.34 Å². The Morgan fingerprint density at radius 1 is 0.938 bits per heavy atom. The molecule has 0 saturated carbocycles. The zero-order valence-corrected chi connectivity index (χ0v) is 17.4. The molecule has 5 rings (SSSR count). The minimum Gasteiger partial charge on any atom is -0.423 e. The van der Waals surface area contributed by atoms with Crippen molar-refractivity contribution in [1.82, 2.24) is 5.32 Å². The molecule has 1 aliphatic rings.